The van der Waals surface area contributed by atoms with Crippen molar-refractivity contribution in [3.05, 3.63) is 39.1 Å². The SMILES string of the molecule is Cc1cc(Cl)cc2[nH]c(=O)c(O)cc12. The summed E-state index contributed by atoms with van der Waals surface area (Å²) >= 11 is 5.83. The van der Waals surface area contributed by atoms with Gasteiger partial charge in [0.25, 0.3) is 5.56 Å². The third-order valence-corrected chi connectivity index (χ3v) is 2.33. The molecule has 4 heteroatoms. The Balaban J connectivity index is 2.96. The van der Waals surface area contributed by atoms with Crippen LogP contribution in [0, 0.1) is 6.92 Å². The van der Waals surface area contributed by atoms with E-state index in [0.717, 1.165) is 10.9 Å². The van der Waals surface area contributed by atoms with Gasteiger partial charge in [0.15, 0.2) is 5.75 Å². The fraction of sp³-hybridized carbons (Fsp3) is 0.100. The van der Waals surface area contributed by atoms with E-state index >= 15 is 0 Å². The first-order chi connectivity index (χ1) is 6.58. The van der Waals surface area contributed by atoms with Crippen LogP contribution in [0.4, 0.5) is 0 Å². The van der Waals surface area contributed by atoms with Gasteiger partial charge in [-0.25, -0.2) is 0 Å². The predicted molar refractivity (Wildman–Crippen MR) is 56.0 cm³/mol. The molecule has 0 saturated heterocycles. The number of fused-ring (bicyclic) bond motifs is 1. The second-order valence-corrected chi connectivity index (χ2v) is 3.60. The van der Waals surface area contributed by atoms with E-state index in [1.807, 2.05) is 6.92 Å². The molecule has 0 aliphatic carbocycles. The van der Waals surface area contributed by atoms with Crippen LogP contribution in [0.25, 0.3) is 10.9 Å². The summed E-state index contributed by atoms with van der Waals surface area (Å²) in [7, 11) is 0. The first-order valence-corrected chi connectivity index (χ1v) is 4.48. The molecule has 1 heterocycles. The van der Waals surface area contributed by atoms with Crippen LogP contribution in [0.2, 0.25) is 5.02 Å². The fourth-order valence-electron chi connectivity index (χ4n) is 1.44. The lowest BCUT2D eigenvalue weighted by atomic mass is 10.1. The van der Waals surface area contributed by atoms with E-state index in [0.29, 0.717) is 10.5 Å². The predicted octanol–water partition coefficient (Wildman–Crippen LogP) is 2.20. The van der Waals surface area contributed by atoms with Crippen LogP contribution in [0.1, 0.15) is 5.56 Å². The highest BCUT2D eigenvalue weighted by molar-refractivity contribution is 6.31. The van der Waals surface area contributed by atoms with Crippen LogP contribution >= 0.6 is 11.6 Å². The minimum absolute atomic E-state index is 0.275. The van der Waals surface area contributed by atoms with Crippen molar-refractivity contribution in [2.75, 3.05) is 0 Å². The summed E-state index contributed by atoms with van der Waals surface area (Å²) in [6.45, 7) is 1.87. The zero-order valence-corrected chi connectivity index (χ0v) is 8.22. The number of pyridine rings is 1. The minimum atomic E-state index is -0.501. The molecule has 0 fully saturated rings. The third kappa shape index (κ3) is 1.36. The lowest BCUT2D eigenvalue weighted by Gasteiger charge is -2.03. The van der Waals surface area contributed by atoms with E-state index in [-0.39, 0.29) is 5.75 Å². The second kappa shape index (κ2) is 3.03. The maximum Gasteiger partial charge on any atom is 0.290 e. The van der Waals surface area contributed by atoms with Gasteiger partial charge >= 0.3 is 0 Å². The highest BCUT2D eigenvalue weighted by Gasteiger charge is 2.04. The minimum Gasteiger partial charge on any atom is -0.503 e. The number of aromatic hydroxyl groups is 1. The molecule has 14 heavy (non-hydrogen) atoms. The number of aryl methyl sites for hydroxylation is 1. The van der Waals surface area contributed by atoms with Crippen LogP contribution in [0.15, 0.2) is 23.0 Å². The number of nitrogens with one attached hydrogen (secondary N) is 1. The van der Waals surface area contributed by atoms with Gasteiger partial charge in [0.05, 0.1) is 5.52 Å². The van der Waals surface area contributed by atoms with E-state index in [4.69, 9.17) is 11.6 Å². The highest BCUT2D eigenvalue weighted by Crippen LogP contribution is 2.22. The maximum absolute atomic E-state index is 11.1. The number of halogens is 1. The van der Waals surface area contributed by atoms with E-state index < -0.39 is 5.56 Å². The summed E-state index contributed by atoms with van der Waals surface area (Å²) in [5.41, 5.74) is 1.05. The Morgan fingerprint density at radius 2 is 2.07 bits per heavy atom. The summed E-state index contributed by atoms with van der Waals surface area (Å²) in [5, 5.41) is 10.6. The van der Waals surface area contributed by atoms with Crippen molar-refractivity contribution in [1.82, 2.24) is 4.98 Å². The number of aromatic amines is 1. The van der Waals surface area contributed by atoms with Gasteiger partial charge in [0.2, 0.25) is 0 Å². The standard InChI is InChI=1S/C10H8ClNO2/c1-5-2-6(11)3-8-7(5)4-9(13)10(14)12-8/h2-4,13H,1H3,(H,12,14). The molecule has 1 aromatic carbocycles. The van der Waals surface area contributed by atoms with Gasteiger partial charge in [-0.2, -0.15) is 0 Å². The smallest absolute Gasteiger partial charge is 0.290 e. The lowest BCUT2D eigenvalue weighted by Crippen LogP contribution is -2.04. The molecule has 0 aliphatic rings. The summed E-state index contributed by atoms with van der Waals surface area (Å²) in [4.78, 5) is 13.7. The molecule has 0 atom stereocenters. The van der Waals surface area contributed by atoms with Crippen LogP contribution in [-0.2, 0) is 0 Å². The number of aromatic nitrogens is 1. The van der Waals surface area contributed by atoms with Crippen molar-refractivity contribution in [2.24, 2.45) is 0 Å². The summed E-state index contributed by atoms with van der Waals surface area (Å²) in [5.74, 6) is -0.275. The van der Waals surface area contributed by atoms with Crippen LogP contribution in [0.3, 0.4) is 0 Å². The molecule has 0 saturated carbocycles. The van der Waals surface area contributed by atoms with Crippen LogP contribution in [-0.4, -0.2) is 10.1 Å². The van der Waals surface area contributed by atoms with Crippen molar-refractivity contribution < 1.29 is 5.11 Å². The molecule has 2 N–H and O–H groups in total. The van der Waals surface area contributed by atoms with Crippen molar-refractivity contribution in [3.8, 4) is 5.75 Å². The Bertz CT molecular complexity index is 560. The number of hydrogen-bond donors (Lipinski definition) is 2. The fourth-order valence-corrected chi connectivity index (χ4v) is 1.71. The average molecular weight is 210 g/mol. The van der Waals surface area contributed by atoms with Crippen molar-refractivity contribution in [2.45, 2.75) is 6.92 Å². The van der Waals surface area contributed by atoms with Crippen molar-refractivity contribution >= 4 is 22.5 Å². The summed E-state index contributed by atoms with van der Waals surface area (Å²) in [6.07, 6.45) is 0. The van der Waals surface area contributed by atoms with Gasteiger partial charge < -0.3 is 10.1 Å². The zero-order chi connectivity index (χ0) is 10.3. The topological polar surface area (TPSA) is 53.1 Å². The molecule has 0 unspecified atom stereocenters. The monoisotopic (exact) mass is 209 g/mol. The molecular weight excluding hydrogens is 202 g/mol. The van der Waals surface area contributed by atoms with Crippen molar-refractivity contribution in [3.63, 3.8) is 0 Å². The largest absolute Gasteiger partial charge is 0.503 e. The number of H-pyrrole nitrogens is 1. The summed E-state index contributed by atoms with van der Waals surface area (Å²) in [6, 6.07) is 4.88. The van der Waals surface area contributed by atoms with Gasteiger partial charge in [-0.05, 0) is 30.7 Å². The molecule has 3 nitrogen and oxygen atoms in total. The van der Waals surface area contributed by atoms with E-state index in [1.54, 1.807) is 12.1 Å². The Labute approximate surface area is 85.0 Å². The number of hydrogen-bond acceptors (Lipinski definition) is 2. The molecule has 1 aromatic heterocycles. The zero-order valence-electron chi connectivity index (χ0n) is 7.47. The van der Waals surface area contributed by atoms with E-state index in [2.05, 4.69) is 4.98 Å². The summed E-state index contributed by atoms with van der Waals surface area (Å²) < 4.78 is 0. The molecule has 0 aliphatic heterocycles. The third-order valence-electron chi connectivity index (χ3n) is 2.11. The number of benzene rings is 1. The van der Waals surface area contributed by atoms with Gasteiger partial charge in [0.1, 0.15) is 0 Å². The normalized spacial score (nSPS) is 10.7. The lowest BCUT2D eigenvalue weighted by molar-refractivity contribution is 0.468. The first kappa shape index (κ1) is 9.09. The molecule has 0 spiro atoms. The Morgan fingerprint density at radius 1 is 1.36 bits per heavy atom. The van der Waals surface area contributed by atoms with E-state index in [9.17, 15) is 9.90 Å². The van der Waals surface area contributed by atoms with Gasteiger partial charge in [-0.15, -0.1) is 0 Å². The number of rotatable bonds is 0. The van der Waals surface area contributed by atoms with Crippen LogP contribution in [0.5, 0.6) is 5.75 Å². The van der Waals surface area contributed by atoms with Gasteiger partial charge in [-0.1, -0.05) is 11.6 Å². The quantitative estimate of drug-likeness (QED) is 0.699. The molecule has 72 valence electrons. The molecule has 2 rings (SSSR count). The molecule has 0 radical (unpaired) electrons. The average Bonchev–Trinajstić information content (AvgIpc) is 2.08. The molecule has 0 bridgehead atoms. The maximum atomic E-state index is 11.1. The molecular formula is C10H8ClNO2. The highest BCUT2D eigenvalue weighted by atomic mass is 35.5. The molecule has 0 amide bonds. The Kier molecular flexibility index (Phi) is 1.97. The second-order valence-electron chi connectivity index (χ2n) is 3.17. The van der Waals surface area contributed by atoms with Crippen molar-refractivity contribution in [1.29, 1.82) is 0 Å². The van der Waals surface area contributed by atoms with Gasteiger partial charge in [0, 0.05) is 10.4 Å². The molecule has 2 aromatic rings. The van der Waals surface area contributed by atoms with Gasteiger partial charge in [-0.3, -0.25) is 4.79 Å². The van der Waals surface area contributed by atoms with E-state index in [1.165, 1.54) is 6.07 Å². The Morgan fingerprint density at radius 3 is 2.79 bits per heavy atom. The Hall–Kier alpha value is -1.48. The van der Waals surface area contributed by atoms with Crippen LogP contribution < -0.4 is 5.56 Å². The first-order valence-electron chi connectivity index (χ1n) is 4.10.